The molecule has 0 radical (unpaired) electrons. The number of aryl methyl sites for hydroxylation is 2. The molecule has 12 nitrogen and oxygen atoms in total. The van der Waals surface area contributed by atoms with E-state index in [-0.39, 0.29) is 29.6 Å². The topological polar surface area (TPSA) is 177 Å². The van der Waals surface area contributed by atoms with Gasteiger partial charge in [-0.3, -0.25) is 20.5 Å². The molecule has 2 unspecified atom stereocenters. The average Bonchev–Trinajstić information content (AvgIpc) is 3.49. The second kappa shape index (κ2) is 13.6. The lowest BCUT2D eigenvalue weighted by Gasteiger charge is -2.32. The van der Waals surface area contributed by atoms with Crippen LogP contribution in [0.1, 0.15) is 40.7 Å². The number of benzene rings is 3. The quantitative estimate of drug-likeness (QED) is 0.0863. The molecule has 7 N–H and O–H groups in total. The van der Waals surface area contributed by atoms with Crippen LogP contribution in [0.4, 0.5) is 0 Å². The molecule has 2 atom stereocenters. The number of aromatic amines is 1. The molecule has 1 amide bonds. The maximum atomic E-state index is 14.0. The Kier molecular flexibility index (Phi) is 9.63. The fourth-order valence-electron chi connectivity index (χ4n) is 5.50. The molecule has 5 rings (SSSR count). The highest BCUT2D eigenvalue weighted by Gasteiger charge is 2.44. The van der Waals surface area contributed by atoms with Crippen molar-refractivity contribution in [3.8, 4) is 11.1 Å². The molecule has 0 bridgehead atoms. The SMILES string of the molecule is Cc1cc(-c2ccccc2)cc(C)c1S(=O)(=O)NC(CCCCNC1NC=CCN1)(NC(=O)c1ccc2cn[nH]c2c1)C(=O)O. The summed E-state index contributed by atoms with van der Waals surface area (Å²) in [5, 5.41) is 30.2. The van der Waals surface area contributed by atoms with Crippen molar-refractivity contribution in [2.45, 2.75) is 50.0 Å². The third kappa shape index (κ3) is 7.40. The third-order valence-corrected chi connectivity index (χ3v) is 9.49. The second-order valence-electron chi connectivity index (χ2n) is 11.1. The number of H-pyrrole nitrogens is 1. The van der Waals surface area contributed by atoms with Gasteiger partial charge in [-0.15, -0.1) is 0 Å². The minimum atomic E-state index is -4.44. The summed E-state index contributed by atoms with van der Waals surface area (Å²) in [6.45, 7) is 4.56. The van der Waals surface area contributed by atoms with E-state index in [1.165, 1.54) is 12.1 Å². The zero-order valence-electron chi connectivity index (χ0n) is 25.1. The largest absolute Gasteiger partial charge is 0.478 e. The summed E-state index contributed by atoms with van der Waals surface area (Å²) in [4.78, 5) is 26.5. The monoisotopic (exact) mass is 631 g/mol. The van der Waals surface area contributed by atoms with E-state index in [1.807, 2.05) is 42.6 Å². The number of sulfonamides is 1. The van der Waals surface area contributed by atoms with Crippen molar-refractivity contribution in [3.63, 3.8) is 0 Å². The molecular weight excluding hydrogens is 594 g/mol. The number of fused-ring (bicyclic) bond motifs is 1. The summed E-state index contributed by atoms with van der Waals surface area (Å²) in [5.74, 6) is -2.27. The Balaban J connectivity index is 1.42. The molecule has 0 saturated carbocycles. The summed E-state index contributed by atoms with van der Waals surface area (Å²) in [6, 6.07) is 17.8. The van der Waals surface area contributed by atoms with Gasteiger partial charge in [-0.25, -0.2) is 13.2 Å². The summed E-state index contributed by atoms with van der Waals surface area (Å²) >= 11 is 0. The number of hydrogen-bond acceptors (Lipinski definition) is 8. The van der Waals surface area contributed by atoms with Crippen molar-refractivity contribution in [1.29, 1.82) is 0 Å². The van der Waals surface area contributed by atoms with E-state index in [2.05, 4.69) is 36.2 Å². The van der Waals surface area contributed by atoms with Gasteiger partial charge in [-0.1, -0.05) is 54.6 Å². The molecule has 0 saturated heterocycles. The number of aromatic nitrogens is 2. The molecule has 45 heavy (non-hydrogen) atoms. The minimum absolute atomic E-state index is 0.0369. The van der Waals surface area contributed by atoms with Gasteiger partial charge in [0, 0.05) is 17.5 Å². The molecular formula is C32H37N7O5S. The van der Waals surface area contributed by atoms with Gasteiger partial charge in [-0.05, 0) is 80.2 Å². The maximum absolute atomic E-state index is 14.0. The standard InChI is InChI=1S/C32H37N7O5S/c1-21-17-26(23-9-4-3-5-10-23)18-22(2)28(21)45(43,44)39-32(30(41)42,13-6-7-14-33-31-34-15-8-16-35-31)37-29(40)24-11-12-25-20-36-38-27(25)19-24/h3-5,8-12,15,17-20,31,33-35,39H,6-7,13-14,16H2,1-2H3,(H,36,38)(H,37,40)(H,41,42). The maximum Gasteiger partial charge on any atom is 0.345 e. The molecule has 0 spiro atoms. The van der Waals surface area contributed by atoms with Crippen LogP contribution in [0.25, 0.3) is 22.0 Å². The number of aliphatic carboxylic acids is 1. The van der Waals surface area contributed by atoms with Crippen LogP contribution < -0.4 is 26.0 Å². The number of nitrogens with one attached hydrogen (secondary N) is 6. The predicted octanol–water partition coefficient (Wildman–Crippen LogP) is 3.09. The fourth-order valence-corrected chi connectivity index (χ4v) is 7.27. The van der Waals surface area contributed by atoms with Crippen LogP contribution in [0.2, 0.25) is 0 Å². The zero-order chi connectivity index (χ0) is 32.0. The van der Waals surface area contributed by atoms with E-state index >= 15 is 0 Å². The summed E-state index contributed by atoms with van der Waals surface area (Å²) in [5.41, 5.74) is 1.05. The Bertz CT molecular complexity index is 1800. The molecule has 236 valence electrons. The van der Waals surface area contributed by atoms with Crippen LogP contribution in [0.5, 0.6) is 0 Å². The lowest BCUT2D eigenvalue weighted by Crippen LogP contribution is -2.65. The molecule has 4 aromatic rings. The Hall–Kier alpha value is -4.56. The van der Waals surface area contributed by atoms with E-state index in [9.17, 15) is 23.1 Å². The van der Waals surface area contributed by atoms with Crippen molar-refractivity contribution >= 4 is 32.8 Å². The van der Waals surface area contributed by atoms with Crippen molar-refractivity contribution < 1.29 is 23.1 Å². The molecule has 1 aliphatic rings. The van der Waals surface area contributed by atoms with Gasteiger partial charge < -0.3 is 15.7 Å². The van der Waals surface area contributed by atoms with Crippen molar-refractivity contribution in [1.82, 2.24) is 36.2 Å². The first-order valence-corrected chi connectivity index (χ1v) is 16.1. The lowest BCUT2D eigenvalue weighted by molar-refractivity contribution is -0.145. The second-order valence-corrected chi connectivity index (χ2v) is 12.7. The van der Waals surface area contributed by atoms with Gasteiger partial charge in [-0.2, -0.15) is 9.82 Å². The molecule has 1 aliphatic heterocycles. The van der Waals surface area contributed by atoms with E-state index in [1.54, 1.807) is 38.2 Å². The third-order valence-electron chi connectivity index (χ3n) is 7.69. The smallest absolute Gasteiger partial charge is 0.345 e. The zero-order valence-corrected chi connectivity index (χ0v) is 25.9. The van der Waals surface area contributed by atoms with Gasteiger partial charge in [0.05, 0.1) is 16.6 Å². The number of carboxylic acids is 1. The van der Waals surface area contributed by atoms with Crippen LogP contribution in [0.15, 0.2) is 84.0 Å². The number of carboxylic acid groups (broad SMARTS) is 1. The fraction of sp³-hybridized carbons (Fsp3) is 0.281. The van der Waals surface area contributed by atoms with Gasteiger partial charge >= 0.3 is 5.97 Å². The first-order chi connectivity index (χ1) is 21.6. The van der Waals surface area contributed by atoms with Gasteiger partial charge in [0.25, 0.3) is 5.91 Å². The Morgan fingerprint density at radius 1 is 1.02 bits per heavy atom. The number of carbonyl (C=O) groups excluding carboxylic acids is 1. The van der Waals surface area contributed by atoms with Crippen LogP contribution in [-0.4, -0.2) is 60.6 Å². The molecule has 1 aromatic heterocycles. The molecule has 0 aliphatic carbocycles. The van der Waals surface area contributed by atoms with Crippen LogP contribution in [-0.2, 0) is 14.8 Å². The number of amides is 1. The lowest BCUT2D eigenvalue weighted by atomic mass is 10.0. The highest BCUT2D eigenvalue weighted by Crippen LogP contribution is 2.29. The predicted molar refractivity (Wildman–Crippen MR) is 172 cm³/mol. The first-order valence-electron chi connectivity index (χ1n) is 14.7. The van der Waals surface area contributed by atoms with Crippen molar-refractivity contribution in [3.05, 3.63) is 95.8 Å². The van der Waals surface area contributed by atoms with Gasteiger partial charge in [0.15, 0.2) is 0 Å². The number of hydrogen-bond donors (Lipinski definition) is 7. The number of rotatable bonds is 13. The molecule has 3 aromatic carbocycles. The van der Waals surface area contributed by atoms with E-state index in [4.69, 9.17) is 0 Å². The molecule has 2 heterocycles. The summed E-state index contributed by atoms with van der Waals surface area (Å²) in [7, 11) is -4.44. The highest BCUT2D eigenvalue weighted by molar-refractivity contribution is 7.89. The van der Waals surface area contributed by atoms with Gasteiger partial charge in [0.1, 0.15) is 6.29 Å². The van der Waals surface area contributed by atoms with E-state index < -0.39 is 27.6 Å². The van der Waals surface area contributed by atoms with Crippen molar-refractivity contribution in [2.24, 2.45) is 0 Å². The number of nitrogens with zero attached hydrogens (tertiary/aromatic N) is 1. The highest BCUT2D eigenvalue weighted by atomic mass is 32.2. The van der Waals surface area contributed by atoms with Crippen LogP contribution >= 0.6 is 0 Å². The average molecular weight is 632 g/mol. The van der Waals surface area contributed by atoms with E-state index in [0.29, 0.717) is 36.2 Å². The molecule has 0 fully saturated rings. The Morgan fingerprint density at radius 2 is 1.78 bits per heavy atom. The summed E-state index contributed by atoms with van der Waals surface area (Å²) in [6.07, 6.45) is 5.84. The minimum Gasteiger partial charge on any atom is -0.478 e. The molecule has 13 heteroatoms. The number of unbranched alkanes of at least 4 members (excludes halogenated alkanes) is 1. The first kappa shape index (κ1) is 31.9. The summed E-state index contributed by atoms with van der Waals surface area (Å²) < 4.78 is 30.4. The normalized spacial score (nSPS) is 16.2. The number of carbonyl (C=O) groups is 2. The van der Waals surface area contributed by atoms with Crippen molar-refractivity contribution in [2.75, 3.05) is 13.1 Å². The Labute approximate surface area is 261 Å². The van der Waals surface area contributed by atoms with E-state index in [0.717, 1.165) is 16.5 Å². The van der Waals surface area contributed by atoms with Crippen LogP contribution in [0, 0.1) is 13.8 Å². The van der Waals surface area contributed by atoms with Gasteiger partial charge in [0.2, 0.25) is 15.7 Å². The Morgan fingerprint density at radius 3 is 2.47 bits per heavy atom. The van der Waals surface area contributed by atoms with Crippen LogP contribution in [0.3, 0.4) is 0 Å².